The molecule has 5 rings (SSSR count). The number of rotatable bonds is 5. The van der Waals surface area contributed by atoms with Gasteiger partial charge in [0.2, 0.25) is 17.4 Å². The van der Waals surface area contributed by atoms with Gasteiger partial charge >= 0.3 is 0 Å². The summed E-state index contributed by atoms with van der Waals surface area (Å²) in [4.78, 5) is 37.8. The molecule has 1 atom stereocenters. The van der Waals surface area contributed by atoms with Gasteiger partial charge in [0.25, 0.3) is 5.91 Å². The fraction of sp³-hybridized carbons (Fsp3) is 0.292. The van der Waals surface area contributed by atoms with Gasteiger partial charge < -0.3 is 19.8 Å². The summed E-state index contributed by atoms with van der Waals surface area (Å²) in [7, 11) is 0. The van der Waals surface area contributed by atoms with Crippen molar-refractivity contribution in [1.82, 2.24) is 19.4 Å². The van der Waals surface area contributed by atoms with Gasteiger partial charge in [0, 0.05) is 37.2 Å². The van der Waals surface area contributed by atoms with Crippen molar-refractivity contribution >= 4 is 29.0 Å². The Balaban J connectivity index is 1.37. The highest BCUT2D eigenvalue weighted by atomic mass is 19.1. The average molecular weight is 478 g/mol. The minimum atomic E-state index is -0.510. The van der Waals surface area contributed by atoms with Crippen LogP contribution in [0.3, 0.4) is 0 Å². The summed E-state index contributed by atoms with van der Waals surface area (Å²) in [6, 6.07) is 4.18. The molecule has 0 spiro atoms. The van der Waals surface area contributed by atoms with Gasteiger partial charge in [0.1, 0.15) is 5.82 Å². The zero-order valence-corrected chi connectivity index (χ0v) is 19.2. The molecule has 1 unspecified atom stereocenters. The number of amides is 2. The Morgan fingerprint density at radius 1 is 1.14 bits per heavy atom. The first-order valence-corrected chi connectivity index (χ1v) is 11.2. The molecule has 0 aliphatic carbocycles. The molecule has 4 aromatic rings. The van der Waals surface area contributed by atoms with Gasteiger partial charge in [-0.2, -0.15) is 0 Å². The van der Waals surface area contributed by atoms with Crippen LogP contribution in [0.2, 0.25) is 0 Å². The van der Waals surface area contributed by atoms with Gasteiger partial charge in [0.15, 0.2) is 5.89 Å². The third-order valence-corrected chi connectivity index (χ3v) is 5.72. The number of nitrogens with one attached hydrogen (secondary N) is 2. The molecular formula is C24H23FN6O4. The van der Waals surface area contributed by atoms with Gasteiger partial charge in [0.05, 0.1) is 35.8 Å². The Labute approximate surface area is 199 Å². The number of nitrogens with zero attached hydrogens (tertiary/aromatic N) is 4. The molecule has 35 heavy (non-hydrogen) atoms. The van der Waals surface area contributed by atoms with Crippen molar-refractivity contribution in [3.63, 3.8) is 0 Å². The minimum absolute atomic E-state index is 0.0969. The topological polar surface area (TPSA) is 124 Å². The molecule has 1 aliphatic heterocycles. The van der Waals surface area contributed by atoms with Crippen LogP contribution in [0.4, 0.5) is 15.8 Å². The van der Waals surface area contributed by atoms with Crippen molar-refractivity contribution in [2.24, 2.45) is 5.92 Å². The maximum Gasteiger partial charge on any atom is 0.293 e. The number of aromatic nitrogens is 4. The largest absolute Gasteiger partial charge is 0.436 e. The summed E-state index contributed by atoms with van der Waals surface area (Å²) >= 11 is 0. The van der Waals surface area contributed by atoms with Crippen LogP contribution in [0.25, 0.3) is 17.0 Å². The number of benzene rings is 1. The molecule has 1 saturated heterocycles. The number of ether oxygens (including phenoxy) is 1. The second kappa shape index (κ2) is 9.26. The maximum absolute atomic E-state index is 14.7. The number of carbonyl (C=O) groups is 2. The normalized spacial score (nSPS) is 15.8. The lowest BCUT2D eigenvalue weighted by atomic mass is 10.0. The summed E-state index contributed by atoms with van der Waals surface area (Å²) in [6.07, 6.45) is 6.40. The standard InChI is InChI=1S/C24H23FN6O4/c1-13-21(35-14(2)27-13)23(33)28-16-5-6-19(25)18(8-16)20-11-31-10-17(9-26-24(31)30-20)29-22(32)15-4-3-7-34-12-15/h5-6,8-11,15H,3-4,7,12H2,1-2H3,(H,28,33)(H,29,32). The van der Waals surface area contributed by atoms with E-state index in [0.29, 0.717) is 47.6 Å². The van der Waals surface area contributed by atoms with Crippen molar-refractivity contribution < 1.29 is 23.1 Å². The quantitative estimate of drug-likeness (QED) is 0.448. The number of imidazole rings is 1. The molecule has 2 N–H and O–H groups in total. The number of oxazole rings is 1. The molecule has 1 fully saturated rings. The molecule has 0 saturated carbocycles. The second-order valence-electron chi connectivity index (χ2n) is 8.38. The zero-order chi connectivity index (χ0) is 24.5. The summed E-state index contributed by atoms with van der Waals surface area (Å²) in [6.45, 7) is 4.40. The Kier molecular flexibility index (Phi) is 6.00. The number of hydrogen-bond donors (Lipinski definition) is 2. The van der Waals surface area contributed by atoms with Crippen LogP contribution in [0.15, 0.2) is 41.2 Å². The molecular weight excluding hydrogens is 455 g/mol. The highest BCUT2D eigenvalue weighted by Crippen LogP contribution is 2.27. The first-order valence-electron chi connectivity index (χ1n) is 11.2. The lowest BCUT2D eigenvalue weighted by Crippen LogP contribution is -2.30. The van der Waals surface area contributed by atoms with Crippen molar-refractivity contribution in [3.05, 3.63) is 60.0 Å². The minimum Gasteiger partial charge on any atom is -0.436 e. The van der Waals surface area contributed by atoms with Gasteiger partial charge in [-0.25, -0.2) is 19.3 Å². The van der Waals surface area contributed by atoms with Gasteiger partial charge in [-0.1, -0.05) is 0 Å². The Morgan fingerprint density at radius 3 is 2.74 bits per heavy atom. The van der Waals surface area contributed by atoms with Gasteiger partial charge in [-0.15, -0.1) is 0 Å². The van der Waals surface area contributed by atoms with E-state index in [2.05, 4.69) is 25.6 Å². The van der Waals surface area contributed by atoms with Crippen molar-refractivity contribution in [2.45, 2.75) is 26.7 Å². The summed E-state index contributed by atoms with van der Waals surface area (Å²) in [5, 5.41) is 5.55. The highest BCUT2D eigenvalue weighted by Gasteiger charge is 2.22. The molecule has 4 heterocycles. The van der Waals surface area contributed by atoms with Crippen LogP contribution in [0.5, 0.6) is 0 Å². The van der Waals surface area contributed by atoms with Crippen molar-refractivity contribution in [2.75, 3.05) is 23.8 Å². The van der Waals surface area contributed by atoms with Crippen LogP contribution in [0, 0.1) is 25.6 Å². The predicted molar refractivity (Wildman–Crippen MR) is 124 cm³/mol. The smallest absolute Gasteiger partial charge is 0.293 e. The van der Waals surface area contributed by atoms with E-state index >= 15 is 0 Å². The van der Waals surface area contributed by atoms with E-state index in [9.17, 15) is 14.0 Å². The Morgan fingerprint density at radius 2 is 2.00 bits per heavy atom. The average Bonchev–Trinajstić information content (AvgIpc) is 3.42. The van der Waals surface area contributed by atoms with E-state index in [4.69, 9.17) is 9.15 Å². The first kappa shape index (κ1) is 22.7. The number of hydrogen-bond acceptors (Lipinski definition) is 7. The summed E-state index contributed by atoms with van der Waals surface area (Å²) in [5.41, 5.74) is 1.84. The lowest BCUT2D eigenvalue weighted by molar-refractivity contribution is -0.123. The first-order chi connectivity index (χ1) is 16.9. The molecule has 1 aliphatic rings. The zero-order valence-electron chi connectivity index (χ0n) is 19.2. The number of fused-ring (bicyclic) bond motifs is 1. The predicted octanol–water partition coefficient (Wildman–Crippen LogP) is 3.76. The molecule has 0 radical (unpaired) electrons. The van der Waals surface area contributed by atoms with Crippen LogP contribution in [0.1, 0.15) is 35.0 Å². The lowest BCUT2D eigenvalue weighted by Gasteiger charge is -2.21. The van der Waals surface area contributed by atoms with E-state index < -0.39 is 11.7 Å². The van der Waals surface area contributed by atoms with Crippen LogP contribution in [-0.2, 0) is 9.53 Å². The van der Waals surface area contributed by atoms with Crippen LogP contribution < -0.4 is 10.6 Å². The van der Waals surface area contributed by atoms with E-state index in [1.165, 1.54) is 24.4 Å². The number of anilines is 2. The molecule has 180 valence electrons. The fourth-order valence-electron chi connectivity index (χ4n) is 4.00. The number of aryl methyl sites for hydroxylation is 2. The maximum atomic E-state index is 14.7. The molecule has 11 heteroatoms. The summed E-state index contributed by atoms with van der Waals surface area (Å²) in [5.74, 6) is -0.509. The second-order valence-corrected chi connectivity index (χ2v) is 8.38. The van der Waals surface area contributed by atoms with E-state index in [0.717, 1.165) is 12.8 Å². The number of halogens is 1. The Bertz CT molecular complexity index is 1420. The fourth-order valence-corrected chi connectivity index (χ4v) is 4.00. The Hall–Kier alpha value is -4.12. The summed E-state index contributed by atoms with van der Waals surface area (Å²) < 4.78 is 27.0. The molecule has 3 aromatic heterocycles. The van der Waals surface area contributed by atoms with Crippen molar-refractivity contribution in [1.29, 1.82) is 0 Å². The third-order valence-electron chi connectivity index (χ3n) is 5.72. The highest BCUT2D eigenvalue weighted by molar-refractivity contribution is 6.03. The van der Waals surface area contributed by atoms with Gasteiger partial charge in [-0.05, 0) is 38.0 Å². The third kappa shape index (κ3) is 4.76. The van der Waals surface area contributed by atoms with Crippen LogP contribution >= 0.6 is 0 Å². The molecule has 2 amide bonds. The molecule has 1 aromatic carbocycles. The SMILES string of the molecule is Cc1nc(C)c(C(=O)Nc2ccc(F)c(-c3cn4cc(NC(=O)C5CCCOC5)cnc4n3)c2)o1. The van der Waals surface area contributed by atoms with E-state index in [1.807, 2.05) is 0 Å². The molecule has 10 nitrogen and oxygen atoms in total. The molecule has 0 bridgehead atoms. The van der Waals surface area contributed by atoms with Gasteiger partial charge in [-0.3, -0.25) is 14.0 Å². The van der Waals surface area contributed by atoms with Crippen LogP contribution in [-0.4, -0.2) is 44.4 Å². The monoisotopic (exact) mass is 478 g/mol. The van der Waals surface area contributed by atoms with E-state index in [-0.39, 0.29) is 23.1 Å². The van der Waals surface area contributed by atoms with Crippen molar-refractivity contribution in [3.8, 4) is 11.3 Å². The van der Waals surface area contributed by atoms with E-state index in [1.54, 1.807) is 30.6 Å². The number of carbonyl (C=O) groups excluding carboxylic acids is 2.